The van der Waals surface area contributed by atoms with E-state index >= 15 is 0 Å². The van der Waals surface area contributed by atoms with Crippen LogP contribution in [0.2, 0.25) is 0 Å². The second-order valence-corrected chi connectivity index (χ2v) is 5.45. The highest BCUT2D eigenvalue weighted by Crippen LogP contribution is 2.21. The smallest absolute Gasteiger partial charge is 0.139 e. The summed E-state index contributed by atoms with van der Waals surface area (Å²) in [5, 5.41) is 9.03. The summed E-state index contributed by atoms with van der Waals surface area (Å²) in [5.41, 5.74) is 6.90. The van der Waals surface area contributed by atoms with Gasteiger partial charge < -0.3 is 15.4 Å². The molecule has 0 unspecified atom stereocenters. The van der Waals surface area contributed by atoms with E-state index in [1.165, 1.54) is 25.8 Å². The van der Waals surface area contributed by atoms with E-state index in [0.29, 0.717) is 29.6 Å². The van der Waals surface area contributed by atoms with E-state index in [4.69, 9.17) is 15.7 Å². The molecule has 0 bridgehead atoms. The molecule has 0 radical (unpaired) electrons. The predicted octanol–water partition coefficient (Wildman–Crippen LogP) is 2.78. The Labute approximate surface area is 121 Å². The third-order valence-electron chi connectivity index (χ3n) is 3.91. The standard InChI is InChI=1S/C16H23N3O/c1-13-5-2-3-8-19(13)9-4-10-20-16-11-15(18)7-6-14(16)12-17/h6-7,11,13H,2-5,8-10,18H2,1H3/t13-/m0/s1. The molecule has 0 aromatic heterocycles. The van der Waals surface area contributed by atoms with Gasteiger partial charge in [0.2, 0.25) is 0 Å². The molecule has 1 saturated heterocycles. The molecule has 0 saturated carbocycles. The van der Waals surface area contributed by atoms with Crippen molar-refractivity contribution in [2.45, 2.75) is 38.6 Å². The normalized spacial score (nSPS) is 19.5. The monoisotopic (exact) mass is 273 g/mol. The number of rotatable bonds is 5. The van der Waals surface area contributed by atoms with Crippen molar-refractivity contribution in [1.29, 1.82) is 5.26 Å². The van der Waals surface area contributed by atoms with E-state index in [1.807, 2.05) is 0 Å². The minimum atomic E-state index is 0.547. The maximum Gasteiger partial charge on any atom is 0.139 e. The lowest BCUT2D eigenvalue weighted by atomic mass is 10.0. The SMILES string of the molecule is C[C@H]1CCCCN1CCCOc1cc(N)ccc1C#N. The van der Waals surface area contributed by atoms with Crippen molar-refractivity contribution in [3.05, 3.63) is 23.8 Å². The molecule has 4 heteroatoms. The van der Waals surface area contributed by atoms with Gasteiger partial charge in [-0.2, -0.15) is 5.26 Å². The number of nitrogen functional groups attached to an aromatic ring is 1. The number of nitriles is 1. The van der Waals surface area contributed by atoms with Gasteiger partial charge in [0.25, 0.3) is 0 Å². The number of hydrogen-bond acceptors (Lipinski definition) is 4. The number of nitrogens with two attached hydrogens (primary N) is 1. The van der Waals surface area contributed by atoms with E-state index in [1.54, 1.807) is 18.2 Å². The van der Waals surface area contributed by atoms with Gasteiger partial charge in [-0.3, -0.25) is 0 Å². The zero-order chi connectivity index (χ0) is 14.4. The molecule has 0 aliphatic carbocycles. The molecule has 0 amide bonds. The van der Waals surface area contributed by atoms with Gasteiger partial charge in [0, 0.05) is 24.3 Å². The fourth-order valence-corrected chi connectivity index (χ4v) is 2.69. The fraction of sp³-hybridized carbons (Fsp3) is 0.562. The Balaban J connectivity index is 1.78. The molecular weight excluding hydrogens is 250 g/mol. The number of piperidine rings is 1. The van der Waals surface area contributed by atoms with Crippen LogP contribution in [0.3, 0.4) is 0 Å². The summed E-state index contributed by atoms with van der Waals surface area (Å²) in [7, 11) is 0. The highest BCUT2D eigenvalue weighted by molar-refractivity contribution is 5.52. The molecule has 0 spiro atoms. The van der Waals surface area contributed by atoms with Crippen molar-refractivity contribution in [3.63, 3.8) is 0 Å². The lowest BCUT2D eigenvalue weighted by molar-refractivity contribution is 0.148. The Morgan fingerprint density at radius 3 is 3.05 bits per heavy atom. The van der Waals surface area contributed by atoms with Gasteiger partial charge >= 0.3 is 0 Å². The minimum Gasteiger partial charge on any atom is -0.492 e. The summed E-state index contributed by atoms with van der Waals surface area (Å²) in [6.45, 7) is 5.18. The van der Waals surface area contributed by atoms with Crippen molar-refractivity contribution in [2.24, 2.45) is 0 Å². The predicted molar refractivity (Wildman–Crippen MR) is 80.6 cm³/mol. The van der Waals surface area contributed by atoms with Gasteiger partial charge in [-0.1, -0.05) is 6.42 Å². The highest BCUT2D eigenvalue weighted by atomic mass is 16.5. The first-order valence-corrected chi connectivity index (χ1v) is 7.37. The summed E-state index contributed by atoms with van der Waals surface area (Å²) in [5.74, 6) is 0.596. The maximum atomic E-state index is 9.03. The number of nitrogens with zero attached hydrogens (tertiary/aromatic N) is 2. The third kappa shape index (κ3) is 3.88. The van der Waals surface area contributed by atoms with E-state index in [9.17, 15) is 0 Å². The highest BCUT2D eigenvalue weighted by Gasteiger charge is 2.17. The summed E-state index contributed by atoms with van der Waals surface area (Å²) >= 11 is 0. The van der Waals surface area contributed by atoms with Gasteiger partial charge in [0.15, 0.2) is 0 Å². The van der Waals surface area contributed by atoms with Crippen molar-refractivity contribution in [3.8, 4) is 11.8 Å². The number of ether oxygens (including phenoxy) is 1. The van der Waals surface area contributed by atoms with Crippen LogP contribution in [0.4, 0.5) is 5.69 Å². The second kappa shape index (κ2) is 7.16. The molecule has 1 aromatic rings. The van der Waals surface area contributed by atoms with E-state index in [2.05, 4.69) is 17.9 Å². The Morgan fingerprint density at radius 2 is 2.30 bits per heavy atom. The van der Waals surface area contributed by atoms with Crippen molar-refractivity contribution in [1.82, 2.24) is 4.90 Å². The van der Waals surface area contributed by atoms with Crippen LogP contribution < -0.4 is 10.5 Å². The molecule has 4 nitrogen and oxygen atoms in total. The van der Waals surface area contributed by atoms with Crippen molar-refractivity contribution < 1.29 is 4.74 Å². The van der Waals surface area contributed by atoms with E-state index in [0.717, 1.165) is 13.0 Å². The van der Waals surface area contributed by atoms with Gasteiger partial charge in [-0.05, 0) is 44.9 Å². The minimum absolute atomic E-state index is 0.547. The molecule has 2 rings (SSSR count). The molecule has 20 heavy (non-hydrogen) atoms. The topological polar surface area (TPSA) is 62.3 Å². The number of likely N-dealkylation sites (tertiary alicyclic amines) is 1. The first kappa shape index (κ1) is 14.7. The lowest BCUT2D eigenvalue weighted by Gasteiger charge is -2.33. The van der Waals surface area contributed by atoms with Gasteiger partial charge in [-0.15, -0.1) is 0 Å². The summed E-state index contributed by atoms with van der Waals surface area (Å²) in [6, 6.07) is 7.97. The molecule has 108 valence electrons. The Morgan fingerprint density at radius 1 is 1.45 bits per heavy atom. The average molecular weight is 273 g/mol. The first-order chi connectivity index (χ1) is 9.70. The Hall–Kier alpha value is -1.73. The van der Waals surface area contributed by atoms with Gasteiger partial charge in [0.1, 0.15) is 11.8 Å². The van der Waals surface area contributed by atoms with Crippen LogP contribution >= 0.6 is 0 Å². The average Bonchev–Trinajstić information content (AvgIpc) is 2.45. The van der Waals surface area contributed by atoms with Crippen molar-refractivity contribution in [2.75, 3.05) is 25.4 Å². The molecular formula is C16H23N3O. The van der Waals surface area contributed by atoms with E-state index < -0.39 is 0 Å². The van der Waals surface area contributed by atoms with Crippen LogP contribution in [0.1, 0.15) is 38.2 Å². The molecule has 1 heterocycles. The second-order valence-electron chi connectivity index (χ2n) is 5.45. The van der Waals surface area contributed by atoms with Gasteiger partial charge in [-0.25, -0.2) is 0 Å². The van der Waals surface area contributed by atoms with Crippen LogP contribution in [0.25, 0.3) is 0 Å². The van der Waals surface area contributed by atoms with Crippen LogP contribution in [-0.2, 0) is 0 Å². The van der Waals surface area contributed by atoms with Crippen LogP contribution in [0.5, 0.6) is 5.75 Å². The fourth-order valence-electron chi connectivity index (χ4n) is 2.69. The van der Waals surface area contributed by atoms with E-state index in [-0.39, 0.29) is 0 Å². The molecule has 1 fully saturated rings. The third-order valence-corrected chi connectivity index (χ3v) is 3.91. The quantitative estimate of drug-likeness (QED) is 0.662. The Kier molecular flexibility index (Phi) is 5.25. The van der Waals surface area contributed by atoms with Crippen molar-refractivity contribution >= 4 is 5.69 Å². The number of hydrogen-bond donors (Lipinski definition) is 1. The lowest BCUT2D eigenvalue weighted by Crippen LogP contribution is -2.38. The van der Waals surface area contributed by atoms with Crippen LogP contribution in [0.15, 0.2) is 18.2 Å². The summed E-state index contributed by atoms with van der Waals surface area (Å²) in [4.78, 5) is 2.53. The molecule has 1 aromatic carbocycles. The summed E-state index contributed by atoms with van der Waals surface area (Å²) < 4.78 is 5.71. The first-order valence-electron chi connectivity index (χ1n) is 7.37. The summed E-state index contributed by atoms with van der Waals surface area (Å²) in [6.07, 6.45) is 4.93. The number of benzene rings is 1. The molecule has 1 aliphatic heterocycles. The van der Waals surface area contributed by atoms with Gasteiger partial charge in [0.05, 0.1) is 12.2 Å². The zero-order valence-corrected chi connectivity index (χ0v) is 12.1. The molecule has 2 N–H and O–H groups in total. The molecule has 1 atom stereocenters. The van der Waals surface area contributed by atoms with Crippen LogP contribution in [0, 0.1) is 11.3 Å². The zero-order valence-electron chi connectivity index (χ0n) is 12.1. The molecule has 1 aliphatic rings. The number of anilines is 1. The van der Waals surface area contributed by atoms with Crippen LogP contribution in [-0.4, -0.2) is 30.6 Å². The maximum absolute atomic E-state index is 9.03. The largest absolute Gasteiger partial charge is 0.492 e. The Bertz CT molecular complexity index is 481.